The molecule has 3 heteroatoms. The fourth-order valence-electron chi connectivity index (χ4n) is 2.12. The van der Waals surface area contributed by atoms with Crippen molar-refractivity contribution in [1.82, 2.24) is 0 Å². The molecule has 1 N–H and O–H groups in total. The number of carboxylic acid groups (broad SMARTS) is 1. The SMILES string of the molecule is Cc1ccc(CC(Sc2ccccc2)C(=O)O)c(C)c1. The molecule has 0 aliphatic carbocycles. The van der Waals surface area contributed by atoms with Crippen LogP contribution >= 0.6 is 11.8 Å². The number of hydrogen-bond acceptors (Lipinski definition) is 2. The van der Waals surface area contributed by atoms with Crippen molar-refractivity contribution in [3.05, 3.63) is 65.2 Å². The van der Waals surface area contributed by atoms with E-state index >= 15 is 0 Å². The van der Waals surface area contributed by atoms with Crippen molar-refractivity contribution in [1.29, 1.82) is 0 Å². The monoisotopic (exact) mass is 286 g/mol. The first-order valence-corrected chi connectivity index (χ1v) is 7.45. The number of hydrogen-bond donors (Lipinski definition) is 1. The fourth-order valence-corrected chi connectivity index (χ4v) is 3.12. The maximum absolute atomic E-state index is 11.5. The largest absolute Gasteiger partial charge is 0.480 e. The van der Waals surface area contributed by atoms with Crippen LogP contribution in [0.2, 0.25) is 0 Å². The molecule has 0 aromatic heterocycles. The highest BCUT2D eigenvalue weighted by atomic mass is 32.2. The lowest BCUT2D eigenvalue weighted by molar-refractivity contribution is -0.136. The minimum Gasteiger partial charge on any atom is -0.480 e. The smallest absolute Gasteiger partial charge is 0.317 e. The highest BCUT2D eigenvalue weighted by Gasteiger charge is 2.20. The molecule has 2 nitrogen and oxygen atoms in total. The topological polar surface area (TPSA) is 37.3 Å². The Morgan fingerprint density at radius 3 is 2.45 bits per heavy atom. The molecule has 2 aromatic rings. The second-order valence-corrected chi connectivity index (χ2v) is 6.17. The molecule has 0 radical (unpaired) electrons. The van der Waals surface area contributed by atoms with Crippen LogP contribution in [0, 0.1) is 13.8 Å². The van der Waals surface area contributed by atoms with Gasteiger partial charge in [-0.1, -0.05) is 42.0 Å². The van der Waals surface area contributed by atoms with E-state index in [-0.39, 0.29) is 0 Å². The summed E-state index contributed by atoms with van der Waals surface area (Å²) in [6.07, 6.45) is 0.543. The molecule has 1 unspecified atom stereocenters. The van der Waals surface area contributed by atoms with Crippen LogP contribution in [0.15, 0.2) is 53.4 Å². The molecule has 2 rings (SSSR count). The molecule has 0 saturated carbocycles. The zero-order valence-electron chi connectivity index (χ0n) is 11.7. The van der Waals surface area contributed by atoms with Crippen molar-refractivity contribution >= 4 is 17.7 Å². The molecule has 2 aromatic carbocycles. The molecular weight excluding hydrogens is 268 g/mol. The first-order valence-electron chi connectivity index (χ1n) is 6.57. The summed E-state index contributed by atoms with van der Waals surface area (Å²) in [5.74, 6) is -0.765. The van der Waals surface area contributed by atoms with Crippen LogP contribution in [0.3, 0.4) is 0 Å². The summed E-state index contributed by atoms with van der Waals surface area (Å²) < 4.78 is 0. The Kier molecular flexibility index (Phi) is 4.85. The Morgan fingerprint density at radius 2 is 1.85 bits per heavy atom. The first kappa shape index (κ1) is 14.7. The Morgan fingerprint density at radius 1 is 1.15 bits per heavy atom. The summed E-state index contributed by atoms with van der Waals surface area (Å²) in [7, 11) is 0. The van der Waals surface area contributed by atoms with Gasteiger partial charge in [-0.05, 0) is 43.5 Å². The van der Waals surface area contributed by atoms with Crippen LogP contribution in [0.25, 0.3) is 0 Å². The van der Waals surface area contributed by atoms with Crippen LogP contribution in [-0.2, 0) is 11.2 Å². The third kappa shape index (κ3) is 3.87. The number of benzene rings is 2. The number of aliphatic carboxylic acids is 1. The van der Waals surface area contributed by atoms with Crippen LogP contribution in [0.5, 0.6) is 0 Å². The average molecular weight is 286 g/mol. The van der Waals surface area contributed by atoms with Gasteiger partial charge in [-0.25, -0.2) is 0 Å². The maximum Gasteiger partial charge on any atom is 0.317 e. The van der Waals surface area contributed by atoms with E-state index in [1.54, 1.807) is 0 Å². The highest BCUT2D eigenvalue weighted by Crippen LogP contribution is 2.27. The van der Waals surface area contributed by atoms with E-state index in [0.717, 1.165) is 16.0 Å². The summed E-state index contributed by atoms with van der Waals surface area (Å²) in [6, 6.07) is 15.9. The van der Waals surface area contributed by atoms with E-state index in [0.29, 0.717) is 6.42 Å². The number of carboxylic acids is 1. The predicted octanol–water partition coefficient (Wildman–Crippen LogP) is 4.09. The second kappa shape index (κ2) is 6.62. The molecule has 0 fully saturated rings. The number of aryl methyl sites for hydroxylation is 2. The van der Waals surface area contributed by atoms with Gasteiger partial charge in [0.2, 0.25) is 0 Å². The quantitative estimate of drug-likeness (QED) is 0.841. The van der Waals surface area contributed by atoms with E-state index in [2.05, 4.69) is 6.07 Å². The zero-order chi connectivity index (χ0) is 14.5. The van der Waals surface area contributed by atoms with Crippen LogP contribution < -0.4 is 0 Å². The predicted molar refractivity (Wildman–Crippen MR) is 83.3 cm³/mol. The van der Waals surface area contributed by atoms with Crippen molar-refractivity contribution in [3.8, 4) is 0 Å². The number of rotatable bonds is 5. The van der Waals surface area contributed by atoms with E-state index in [1.165, 1.54) is 17.3 Å². The van der Waals surface area contributed by atoms with Gasteiger partial charge in [-0.3, -0.25) is 4.79 Å². The van der Waals surface area contributed by atoms with Gasteiger partial charge in [-0.2, -0.15) is 0 Å². The molecule has 0 aliphatic rings. The van der Waals surface area contributed by atoms with Crippen molar-refractivity contribution in [3.63, 3.8) is 0 Å². The Hall–Kier alpha value is -1.74. The van der Waals surface area contributed by atoms with Gasteiger partial charge in [0.25, 0.3) is 0 Å². The third-order valence-corrected chi connectivity index (χ3v) is 4.40. The molecule has 0 aliphatic heterocycles. The minimum atomic E-state index is -0.765. The molecule has 104 valence electrons. The summed E-state index contributed by atoms with van der Waals surface area (Å²) in [4.78, 5) is 12.5. The van der Waals surface area contributed by atoms with Crippen LogP contribution in [0.4, 0.5) is 0 Å². The van der Waals surface area contributed by atoms with Gasteiger partial charge in [0.15, 0.2) is 0 Å². The van der Waals surface area contributed by atoms with Crippen molar-refractivity contribution in [2.45, 2.75) is 30.4 Å². The Balaban J connectivity index is 2.15. The maximum atomic E-state index is 11.5. The molecule has 0 bridgehead atoms. The first-order chi connectivity index (χ1) is 9.56. The lowest BCUT2D eigenvalue weighted by Crippen LogP contribution is -2.19. The van der Waals surface area contributed by atoms with Crippen molar-refractivity contribution in [2.24, 2.45) is 0 Å². The lowest BCUT2D eigenvalue weighted by atomic mass is 10.0. The number of thioether (sulfide) groups is 1. The van der Waals surface area contributed by atoms with Gasteiger partial charge in [-0.15, -0.1) is 11.8 Å². The molecule has 20 heavy (non-hydrogen) atoms. The minimum absolute atomic E-state index is 0.459. The van der Waals surface area contributed by atoms with Gasteiger partial charge < -0.3 is 5.11 Å². The fraction of sp³-hybridized carbons (Fsp3) is 0.235. The van der Waals surface area contributed by atoms with Crippen LogP contribution in [-0.4, -0.2) is 16.3 Å². The molecule has 0 saturated heterocycles. The summed E-state index contributed by atoms with van der Waals surface area (Å²) in [5.41, 5.74) is 3.46. The molecule has 0 spiro atoms. The number of carbonyl (C=O) groups is 1. The Bertz CT molecular complexity index is 593. The lowest BCUT2D eigenvalue weighted by Gasteiger charge is -2.14. The third-order valence-electron chi connectivity index (χ3n) is 3.20. The van der Waals surface area contributed by atoms with Gasteiger partial charge >= 0.3 is 5.97 Å². The average Bonchev–Trinajstić information content (AvgIpc) is 2.42. The van der Waals surface area contributed by atoms with E-state index in [4.69, 9.17) is 0 Å². The summed E-state index contributed by atoms with van der Waals surface area (Å²) in [6.45, 7) is 4.08. The van der Waals surface area contributed by atoms with Crippen molar-refractivity contribution in [2.75, 3.05) is 0 Å². The van der Waals surface area contributed by atoms with Crippen molar-refractivity contribution < 1.29 is 9.90 Å². The van der Waals surface area contributed by atoms with Crippen LogP contribution in [0.1, 0.15) is 16.7 Å². The Labute approximate surface area is 123 Å². The van der Waals surface area contributed by atoms with E-state index in [9.17, 15) is 9.90 Å². The molecular formula is C17H18O2S. The normalized spacial score (nSPS) is 12.1. The molecule has 0 amide bonds. The zero-order valence-corrected chi connectivity index (χ0v) is 12.5. The van der Waals surface area contributed by atoms with E-state index < -0.39 is 11.2 Å². The molecule has 0 heterocycles. The van der Waals surface area contributed by atoms with Gasteiger partial charge in [0.1, 0.15) is 5.25 Å². The van der Waals surface area contributed by atoms with Gasteiger partial charge in [0.05, 0.1) is 0 Å². The highest BCUT2D eigenvalue weighted by molar-refractivity contribution is 8.00. The standard InChI is InChI=1S/C17H18O2S/c1-12-8-9-14(13(2)10-12)11-16(17(18)19)20-15-6-4-3-5-7-15/h3-10,16H,11H2,1-2H3,(H,18,19). The van der Waals surface area contributed by atoms with E-state index in [1.807, 2.05) is 56.3 Å². The summed E-state index contributed by atoms with van der Waals surface area (Å²) in [5, 5.41) is 8.96. The van der Waals surface area contributed by atoms with Gasteiger partial charge in [0, 0.05) is 4.90 Å². The molecule has 1 atom stereocenters. The summed E-state index contributed by atoms with van der Waals surface area (Å²) >= 11 is 1.41. The second-order valence-electron chi connectivity index (χ2n) is 4.89.